The summed E-state index contributed by atoms with van der Waals surface area (Å²) in [6.45, 7) is -0.242. The minimum atomic E-state index is -3.87. The van der Waals surface area contributed by atoms with Crippen molar-refractivity contribution >= 4 is 27.3 Å². The molecule has 1 N–H and O–H groups in total. The molecule has 0 fully saturated rings. The molecular weight excluding hydrogens is 393 g/mol. The van der Waals surface area contributed by atoms with Crippen LogP contribution in [0, 0.1) is 5.82 Å². The zero-order chi connectivity index (χ0) is 19.4. The van der Waals surface area contributed by atoms with Crippen molar-refractivity contribution in [3.8, 4) is 0 Å². The van der Waals surface area contributed by atoms with Crippen LogP contribution in [0.2, 0.25) is 5.02 Å². The van der Waals surface area contributed by atoms with Gasteiger partial charge >= 0.3 is 0 Å². The van der Waals surface area contributed by atoms with Gasteiger partial charge in [0.05, 0.1) is 11.2 Å². The van der Waals surface area contributed by atoms with Gasteiger partial charge < -0.3 is 9.73 Å². The molecule has 3 rings (SSSR count). The van der Waals surface area contributed by atoms with Crippen molar-refractivity contribution in [3.63, 3.8) is 0 Å². The van der Waals surface area contributed by atoms with E-state index in [0.717, 1.165) is 6.07 Å². The smallest absolute Gasteiger partial charge is 0.251 e. The van der Waals surface area contributed by atoms with Gasteiger partial charge in [0.2, 0.25) is 0 Å². The first-order chi connectivity index (χ1) is 12.9. The number of halogens is 2. The van der Waals surface area contributed by atoms with Crippen LogP contribution < -0.4 is 5.32 Å². The van der Waals surface area contributed by atoms with Crippen LogP contribution in [-0.4, -0.2) is 20.9 Å². The van der Waals surface area contributed by atoms with E-state index in [1.54, 1.807) is 6.07 Å². The number of rotatable bonds is 6. The molecule has 3 aromatic rings. The Morgan fingerprint density at radius 1 is 1.11 bits per heavy atom. The van der Waals surface area contributed by atoms with Crippen LogP contribution in [0.5, 0.6) is 0 Å². The fourth-order valence-corrected chi connectivity index (χ4v) is 4.26. The summed E-state index contributed by atoms with van der Waals surface area (Å²) in [5.41, 5.74) is 0.0945. The van der Waals surface area contributed by atoms with E-state index in [0.29, 0.717) is 5.02 Å². The molecule has 1 amide bonds. The Morgan fingerprint density at radius 2 is 1.85 bits per heavy atom. The lowest BCUT2D eigenvalue weighted by Gasteiger charge is -2.17. The van der Waals surface area contributed by atoms with Crippen LogP contribution in [0.4, 0.5) is 4.39 Å². The van der Waals surface area contributed by atoms with Gasteiger partial charge in [-0.25, -0.2) is 12.8 Å². The Bertz CT molecular complexity index is 1030. The predicted octanol–water partition coefficient (Wildman–Crippen LogP) is 4.02. The van der Waals surface area contributed by atoms with Crippen molar-refractivity contribution in [2.24, 2.45) is 0 Å². The number of sulfone groups is 1. The van der Waals surface area contributed by atoms with Gasteiger partial charge in [0, 0.05) is 17.1 Å². The van der Waals surface area contributed by atoms with Gasteiger partial charge in [-0.15, -0.1) is 0 Å². The highest BCUT2D eigenvalue weighted by atomic mass is 35.5. The topological polar surface area (TPSA) is 76.4 Å². The summed E-state index contributed by atoms with van der Waals surface area (Å²) in [6, 6.07) is 13.9. The molecule has 0 spiro atoms. The number of hydrogen-bond donors (Lipinski definition) is 1. The molecular formula is C19H15ClFNO4S. The molecule has 0 bridgehead atoms. The van der Waals surface area contributed by atoms with E-state index < -0.39 is 26.8 Å². The van der Waals surface area contributed by atoms with E-state index in [1.165, 1.54) is 54.8 Å². The molecule has 140 valence electrons. The van der Waals surface area contributed by atoms with E-state index in [-0.39, 0.29) is 22.8 Å². The molecule has 1 heterocycles. The number of furan rings is 1. The van der Waals surface area contributed by atoms with Crippen LogP contribution in [0.15, 0.2) is 76.2 Å². The standard InChI is InChI=1S/C19H15ClFNO4S/c20-14-6-8-16(9-7-14)27(24,25)18(17-5-2-10-26-17)12-22-19(23)13-3-1-4-15(21)11-13/h1-11,18H,12H2,(H,22,23)/t18-/m1/s1. The van der Waals surface area contributed by atoms with E-state index in [4.69, 9.17) is 16.0 Å². The second-order valence-electron chi connectivity index (χ2n) is 5.72. The Kier molecular flexibility index (Phi) is 5.62. The van der Waals surface area contributed by atoms with Gasteiger partial charge in [-0.05, 0) is 54.6 Å². The van der Waals surface area contributed by atoms with E-state index >= 15 is 0 Å². The summed E-state index contributed by atoms with van der Waals surface area (Å²) < 4.78 is 44.6. The first-order valence-corrected chi connectivity index (χ1v) is 9.87. The van der Waals surface area contributed by atoms with E-state index in [2.05, 4.69) is 5.32 Å². The average Bonchev–Trinajstić information content (AvgIpc) is 3.16. The van der Waals surface area contributed by atoms with Gasteiger partial charge in [-0.2, -0.15) is 0 Å². The first kappa shape index (κ1) is 19.1. The normalized spacial score (nSPS) is 12.5. The molecule has 0 aliphatic carbocycles. The third-order valence-corrected chi connectivity index (χ3v) is 6.24. The van der Waals surface area contributed by atoms with E-state index in [9.17, 15) is 17.6 Å². The van der Waals surface area contributed by atoms with Gasteiger partial charge in [-0.3, -0.25) is 4.79 Å². The highest BCUT2D eigenvalue weighted by Gasteiger charge is 2.32. The second-order valence-corrected chi connectivity index (χ2v) is 8.29. The quantitative estimate of drug-likeness (QED) is 0.669. The molecule has 2 aromatic carbocycles. The SMILES string of the molecule is O=C(NC[C@H](c1ccco1)S(=O)(=O)c1ccc(Cl)cc1)c1cccc(F)c1. The zero-order valence-corrected chi connectivity index (χ0v) is 15.5. The number of hydrogen-bond acceptors (Lipinski definition) is 4. The summed E-state index contributed by atoms with van der Waals surface area (Å²) in [6.07, 6.45) is 1.36. The van der Waals surface area contributed by atoms with Crippen LogP contribution >= 0.6 is 11.6 Å². The van der Waals surface area contributed by atoms with Crippen molar-refractivity contribution in [3.05, 3.63) is 89.1 Å². The molecule has 0 saturated heterocycles. The van der Waals surface area contributed by atoms with Crippen molar-refractivity contribution in [1.29, 1.82) is 0 Å². The van der Waals surface area contributed by atoms with Gasteiger partial charge in [-0.1, -0.05) is 17.7 Å². The Balaban J connectivity index is 1.86. The van der Waals surface area contributed by atoms with Crippen molar-refractivity contribution in [2.75, 3.05) is 6.54 Å². The number of carbonyl (C=O) groups excluding carboxylic acids is 1. The van der Waals surface area contributed by atoms with Crippen molar-refractivity contribution in [1.82, 2.24) is 5.32 Å². The molecule has 5 nitrogen and oxygen atoms in total. The van der Waals surface area contributed by atoms with E-state index in [1.807, 2.05) is 0 Å². The summed E-state index contributed by atoms with van der Waals surface area (Å²) in [5.74, 6) is -0.958. The minimum Gasteiger partial charge on any atom is -0.468 e. The molecule has 8 heteroatoms. The van der Waals surface area contributed by atoms with Crippen molar-refractivity contribution < 1.29 is 22.0 Å². The highest BCUT2D eigenvalue weighted by molar-refractivity contribution is 7.91. The molecule has 0 unspecified atom stereocenters. The number of benzene rings is 2. The Labute approximate surface area is 160 Å². The minimum absolute atomic E-state index is 0.0494. The maximum atomic E-state index is 13.3. The lowest BCUT2D eigenvalue weighted by atomic mass is 10.2. The second kappa shape index (κ2) is 7.94. The maximum Gasteiger partial charge on any atom is 0.251 e. The first-order valence-electron chi connectivity index (χ1n) is 7.94. The fraction of sp³-hybridized carbons (Fsp3) is 0.105. The van der Waals surface area contributed by atoms with Gasteiger partial charge in [0.1, 0.15) is 16.8 Å². The van der Waals surface area contributed by atoms with Gasteiger partial charge in [0.15, 0.2) is 9.84 Å². The van der Waals surface area contributed by atoms with Crippen molar-refractivity contribution in [2.45, 2.75) is 10.1 Å². The van der Waals surface area contributed by atoms with Crippen LogP contribution in [0.25, 0.3) is 0 Å². The molecule has 0 aliphatic heterocycles. The summed E-state index contributed by atoms with van der Waals surface area (Å²) in [5, 5.41) is 1.79. The lowest BCUT2D eigenvalue weighted by molar-refractivity contribution is 0.0952. The number of amides is 1. The lowest BCUT2D eigenvalue weighted by Crippen LogP contribution is -2.31. The highest BCUT2D eigenvalue weighted by Crippen LogP contribution is 2.29. The third kappa shape index (κ3) is 4.37. The summed E-state index contributed by atoms with van der Waals surface area (Å²) >= 11 is 5.82. The Morgan fingerprint density at radius 3 is 2.48 bits per heavy atom. The molecule has 0 radical (unpaired) electrons. The molecule has 27 heavy (non-hydrogen) atoms. The maximum absolute atomic E-state index is 13.3. The zero-order valence-electron chi connectivity index (χ0n) is 13.9. The predicted molar refractivity (Wildman–Crippen MR) is 98.8 cm³/mol. The van der Waals surface area contributed by atoms with Gasteiger partial charge in [0.25, 0.3) is 5.91 Å². The van der Waals surface area contributed by atoms with Crippen LogP contribution in [-0.2, 0) is 9.84 Å². The largest absolute Gasteiger partial charge is 0.468 e. The van der Waals surface area contributed by atoms with Crippen LogP contribution in [0.3, 0.4) is 0 Å². The van der Waals surface area contributed by atoms with Crippen LogP contribution in [0.1, 0.15) is 21.4 Å². The molecule has 1 atom stereocenters. The fourth-order valence-electron chi connectivity index (χ4n) is 2.54. The summed E-state index contributed by atoms with van der Waals surface area (Å²) in [4.78, 5) is 12.3. The molecule has 0 aliphatic rings. The molecule has 0 saturated carbocycles. The molecule has 1 aromatic heterocycles. The number of carbonyl (C=O) groups is 1. The average molecular weight is 408 g/mol. The third-order valence-electron chi connectivity index (χ3n) is 3.91. The number of nitrogens with one attached hydrogen (secondary N) is 1. The Hall–Kier alpha value is -2.64. The monoisotopic (exact) mass is 407 g/mol. The summed E-state index contributed by atoms with van der Waals surface area (Å²) in [7, 11) is -3.87.